The van der Waals surface area contributed by atoms with Crippen LogP contribution in [0, 0.1) is 5.82 Å². The van der Waals surface area contributed by atoms with Gasteiger partial charge in [-0.15, -0.1) is 0 Å². The molecule has 0 bridgehead atoms. The van der Waals surface area contributed by atoms with Gasteiger partial charge < -0.3 is 4.42 Å². The zero-order valence-corrected chi connectivity index (χ0v) is 9.17. The van der Waals surface area contributed by atoms with Gasteiger partial charge in [-0.3, -0.25) is 5.21 Å². The minimum atomic E-state index is -0.533. The zero-order chi connectivity index (χ0) is 9.42. The molecule has 0 amide bonds. The maximum atomic E-state index is 12.8. The average Bonchev–Trinajstić information content (AvgIpc) is 2.47. The number of halogens is 2. The summed E-state index contributed by atoms with van der Waals surface area (Å²) in [5.41, 5.74) is 0.794. The van der Waals surface area contributed by atoms with E-state index in [0.29, 0.717) is 20.9 Å². The second-order valence-corrected chi connectivity index (χ2v) is 4.27. The van der Waals surface area contributed by atoms with Gasteiger partial charge in [-0.1, -0.05) is 0 Å². The normalized spacial score (nSPS) is 10.9. The van der Waals surface area contributed by atoms with Crippen LogP contribution in [0.1, 0.15) is 0 Å². The van der Waals surface area contributed by atoms with Crippen molar-refractivity contribution in [3.05, 3.63) is 24.1 Å². The summed E-state index contributed by atoms with van der Waals surface area (Å²) in [6.45, 7) is 0. The van der Waals surface area contributed by atoms with E-state index in [1.165, 1.54) is 15.0 Å². The molecular weight excluding hydrogens is 308 g/mol. The highest BCUT2D eigenvalue weighted by molar-refractivity contribution is 14.2. The second kappa shape index (κ2) is 3.33. The lowest BCUT2D eigenvalue weighted by molar-refractivity contribution is -0.885. The van der Waals surface area contributed by atoms with Crippen LogP contribution in [-0.2, 0) is 0 Å². The van der Waals surface area contributed by atoms with Crippen molar-refractivity contribution in [1.29, 1.82) is 0 Å². The van der Waals surface area contributed by atoms with Crippen LogP contribution < -0.4 is 4.73 Å². The summed E-state index contributed by atoms with van der Waals surface area (Å²) in [5, 5.41) is 9.89. The Morgan fingerprint density at radius 2 is 2.31 bits per heavy atom. The van der Waals surface area contributed by atoms with Gasteiger partial charge in [0.25, 0.3) is 6.20 Å². The Kier molecular flexibility index (Phi) is 2.33. The summed E-state index contributed by atoms with van der Waals surface area (Å²) in [6, 6.07) is 2.88. The number of fused-ring (bicyclic) bond motifs is 1. The van der Waals surface area contributed by atoms with Crippen molar-refractivity contribution in [2.75, 3.05) is 0 Å². The molecule has 3 nitrogen and oxygen atoms in total. The second-order valence-electron chi connectivity index (χ2n) is 2.39. The molecule has 13 heavy (non-hydrogen) atoms. The molecule has 0 unspecified atom stereocenters. The van der Waals surface area contributed by atoms with Gasteiger partial charge in [0.2, 0.25) is 5.58 Å². The predicted octanol–water partition coefficient (Wildman–Crippen LogP) is 2.54. The molecule has 0 saturated heterocycles. The van der Waals surface area contributed by atoms with Gasteiger partial charge in [-0.2, -0.15) is 0 Å². The lowest BCUT2D eigenvalue weighted by Crippen LogP contribution is -2.30. The van der Waals surface area contributed by atoms with E-state index in [-0.39, 0.29) is 0 Å². The third kappa shape index (κ3) is 1.60. The molecule has 2 heterocycles. The highest BCUT2D eigenvalue weighted by Crippen LogP contribution is 2.29. The van der Waals surface area contributed by atoms with Crippen LogP contribution in [0.3, 0.4) is 0 Å². The number of nitrogens with zero attached hydrogens (tertiary/aromatic N) is 1. The molecule has 0 saturated carbocycles. The third-order valence-electron chi connectivity index (χ3n) is 1.56. The van der Waals surface area contributed by atoms with E-state index in [4.69, 9.17) is 4.42 Å². The minimum Gasteiger partial charge on any atom is -0.442 e. The number of hydrogen-bond acceptors (Lipinski definition) is 3. The van der Waals surface area contributed by atoms with Crippen LogP contribution in [-0.4, -0.2) is 5.21 Å². The lowest BCUT2D eigenvalue weighted by Gasteiger charge is -1.85. The fraction of sp³-hybridized carbons (Fsp3) is 0. The van der Waals surface area contributed by atoms with Gasteiger partial charge in [0.15, 0.2) is 10.9 Å². The van der Waals surface area contributed by atoms with Crippen molar-refractivity contribution in [1.82, 2.24) is 0 Å². The Balaban J connectivity index is 2.75. The average molecular weight is 312 g/mol. The maximum absolute atomic E-state index is 12.8. The molecule has 6 heteroatoms. The van der Waals surface area contributed by atoms with Gasteiger partial charge in [0.05, 0.1) is 6.07 Å². The molecular formula is C7H4FINO2S+. The predicted molar refractivity (Wildman–Crippen MR) is 53.4 cm³/mol. The number of furan rings is 1. The Morgan fingerprint density at radius 1 is 1.54 bits per heavy atom. The first-order valence-corrected chi connectivity index (χ1v) is 6.69. The first kappa shape index (κ1) is 9.07. The van der Waals surface area contributed by atoms with Gasteiger partial charge in [-0.25, -0.2) is 4.39 Å². The summed E-state index contributed by atoms with van der Waals surface area (Å²) in [4.78, 5) is 0. The van der Waals surface area contributed by atoms with E-state index < -0.39 is 5.82 Å². The summed E-state index contributed by atoms with van der Waals surface area (Å²) < 4.78 is 18.7. The summed E-state index contributed by atoms with van der Waals surface area (Å²) in [7, 11) is 1.37. The Morgan fingerprint density at radius 3 is 3.00 bits per heavy atom. The fourth-order valence-corrected chi connectivity index (χ4v) is 1.97. The van der Waals surface area contributed by atoms with Crippen LogP contribution in [0.25, 0.3) is 11.1 Å². The molecule has 2 aromatic rings. The Hall–Kier alpha value is -0.500. The van der Waals surface area contributed by atoms with Crippen LogP contribution in [0.5, 0.6) is 0 Å². The molecule has 1 N–H and O–H groups in total. The summed E-state index contributed by atoms with van der Waals surface area (Å²) in [5.74, 6) is -0.533. The van der Waals surface area contributed by atoms with Crippen LogP contribution in [0.15, 0.2) is 27.8 Å². The van der Waals surface area contributed by atoms with E-state index in [9.17, 15) is 9.60 Å². The van der Waals surface area contributed by atoms with Gasteiger partial charge >= 0.3 is 5.52 Å². The van der Waals surface area contributed by atoms with Crippen molar-refractivity contribution >= 4 is 41.2 Å². The fourth-order valence-electron chi connectivity index (χ4n) is 1.04. The molecule has 2 aromatic heterocycles. The quantitative estimate of drug-likeness (QED) is 0.499. The lowest BCUT2D eigenvalue weighted by atomic mass is 10.4. The van der Waals surface area contributed by atoms with Gasteiger partial charge in [0, 0.05) is 32.0 Å². The molecule has 0 radical (unpaired) electrons. The van der Waals surface area contributed by atoms with Gasteiger partial charge in [0.1, 0.15) is 0 Å². The SMILES string of the molecule is O[n+]1cc(F)cc2oc(SI)cc21. The smallest absolute Gasteiger partial charge is 0.304 e. The number of pyridine rings is 1. The molecule has 0 aliphatic heterocycles. The molecule has 2 rings (SSSR count). The topological polar surface area (TPSA) is 37.2 Å². The molecule has 0 aliphatic carbocycles. The Labute approximate surface area is 89.1 Å². The molecule has 0 fully saturated rings. The van der Waals surface area contributed by atoms with Crippen molar-refractivity contribution in [2.24, 2.45) is 0 Å². The number of aromatic nitrogens is 1. The standard InChI is InChI=1S/C7H4FINO2S/c8-4-1-6-5(10(11)3-4)2-7(12-6)13-9/h1-3,11H/q+1. The highest BCUT2D eigenvalue weighted by Gasteiger charge is 2.16. The molecule has 0 atom stereocenters. The van der Waals surface area contributed by atoms with Crippen LogP contribution >= 0.6 is 30.1 Å². The van der Waals surface area contributed by atoms with Crippen molar-refractivity contribution in [2.45, 2.75) is 5.09 Å². The number of hydrogen-bond donors (Lipinski definition) is 1. The third-order valence-corrected chi connectivity index (χ3v) is 3.21. The number of rotatable bonds is 1. The van der Waals surface area contributed by atoms with E-state index in [0.717, 1.165) is 6.20 Å². The van der Waals surface area contributed by atoms with E-state index in [1.807, 2.05) is 21.2 Å². The summed E-state index contributed by atoms with van der Waals surface area (Å²) >= 11 is 2.05. The van der Waals surface area contributed by atoms with Crippen molar-refractivity contribution in [3.8, 4) is 0 Å². The zero-order valence-electron chi connectivity index (χ0n) is 6.20. The van der Waals surface area contributed by atoms with Crippen LogP contribution in [0.4, 0.5) is 4.39 Å². The van der Waals surface area contributed by atoms with E-state index in [1.54, 1.807) is 6.07 Å². The largest absolute Gasteiger partial charge is 0.442 e. The first-order valence-electron chi connectivity index (χ1n) is 3.33. The monoisotopic (exact) mass is 312 g/mol. The van der Waals surface area contributed by atoms with Gasteiger partial charge in [-0.05, 0) is 8.93 Å². The summed E-state index contributed by atoms with van der Waals surface area (Å²) in [6.07, 6.45) is 0.986. The van der Waals surface area contributed by atoms with Crippen molar-refractivity contribution in [3.63, 3.8) is 0 Å². The highest BCUT2D eigenvalue weighted by atomic mass is 127. The molecule has 0 spiro atoms. The molecule has 0 aromatic carbocycles. The van der Waals surface area contributed by atoms with Crippen LogP contribution in [0.2, 0.25) is 0 Å². The van der Waals surface area contributed by atoms with E-state index >= 15 is 0 Å². The maximum Gasteiger partial charge on any atom is 0.304 e. The molecule has 0 aliphatic rings. The van der Waals surface area contributed by atoms with E-state index in [2.05, 4.69) is 0 Å². The minimum absolute atomic E-state index is 0.335. The van der Waals surface area contributed by atoms with Crippen molar-refractivity contribution < 1.29 is 18.7 Å². The first-order chi connectivity index (χ1) is 6.20. The molecule has 68 valence electrons. The Bertz CT molecular complexity index is 459.